The van der Waals surface area contributed by atoms with Gasteiger partial charge in [-0.05, 0) is 32.4 Å². The Kier molecular flexibility index (Phi) is 2.96. The molecular weight excluding hydrogens is 136 g/mol. The summed E-state index contributed by atoms with van der Waals surface area (Å²) >= 11 is 0. The lowest BCUT2D eigenvalue weighted by Gasteiger charge is -2.01. The maximum atomic E-state index is 5.35. The highest BCUT2D eigenvalue weighted by molar-refractivity contribution is 5.25. The molecule has 0 saturated heterocycles. The van der Waals surface area contributed by atoms with Gasteiger partial charge < -0.3 is 4.74 Å². The number of hydrogen-bond acceptors (Lipinski definition) is 1. The van der Waals surface area contributed by atoms with E-state index >= 15 is 0 Å². The number of ether oxygens (including phenoxy) is 1. The molecule has 1 nitrogen and oxygen atoms in total. The van der Waals surface area contributed by atoms with E-state index in [0.717, 1.165) is 18.8 Å². The first-order valence-corrected chi connectivity index (χ1v) is 3.99. The number of rotatable bonds is 2. The van der Waals surface area contributed by atoms with Crippen LogP contribution >= 0.6 is 0 Å². The van der Waals surface area contributed by atoms with Gasteiger partial charge in [-0.2, -0.15) is 0 Å². The minimum Gasteiger partial charge on any atom is -0.494 e. The highest BCUT2D eigenvalue weighted by Crippen LogP contribution is 2.11. The van der Waals surface area contributed by atoms with E-state index in [1.165, 1.54) is 5.57 Å². The molecule has 0 atom stereocenters. The summed E-state index contributed by atoms with van der Waals surface area (Å²) < 4.78 is 5.35. The van der Waals surface area contributed by atoms with Crippen LogP contribution in [0.5, 0.6) is 0 Å². The molecule has 0 saturated carbocycles. The van der Waals surface area contributed by atoms with Crippen LogP contribution in [0.15, 0.2) is 35.6 Å². The molecule has 0 aromatic heterocycles. The van der Waals surface area contributed by atoms with E-state index in [0.29, 0.717) is 0 Å². The summed E-state index contributed by atoms with van der Waals surface area (Å²) in [7, 11) is 0. The maximum Gasteiger partial charge on any atom is 0.115 e. The summed E-state index contributed by atoms with van der Waals surface area (Å²) in [6.45, 7) is 4.87. The van der Waals surface area contributed by atoms with Gasteiger partial charge in [0.25, 0.3) is 0 Å². The van der Waals surface area contributed by atoms with Crippen molar-refractivity contribution in [2.45, 2.75) is 20.3 Å². The first kappa shape index (κ1) is 8.12. The molecule has 1 aliphatic carbocycles. The molecule has 0 heterocycles. The van der Waals surface area contributed by atoms with Gasteiger partial charge in [-0.25, -0.2) is 0 Å². The summed E-state index contributed by atoms with van der Waals surface area (Å²) in [6, 6.07) is 0. The molecule has 60 valence electrons. The predicted octanol–water partition coefficient (Wildman–Crippen LogP) is 2.81. The fourth-order valence-corrected chi connectivity index (χ4v) is 0.979. The van der Waals surface area contributed by atoms with Crippen LogP contribution in [0.1, 0.15) is 20.3 Å². The molecule has 0 radical (unpaired) electrons. The van der Waals surface area contributed by atoms with Crippen molar-refractivity contribution >= 4 is 0 Å². The summed E-state index contributed by atoms with van der Waals surface area (Å²) in [5.74, 6) is 0.987. The Morgan fingerprint density at radius 3 is 3.09 bits per heavy atom. The average molecular weight is 150 g/mol. The van der Waals surface area contributed by atoms with Crippen LogP contribution in [0.4, 0.5) is 0 Å². The molecule has 0 fully saturated rings. The molecule has 0 N–H and O–H groups in total. The largest absolute Gasteiger partial charge is 0.494 e. The van der Waals surface area contributed by atoms with Crippen molar-refractivity contribution < 1.29 is 4.74 Å². The Bertz CT molecular complexity index is 209. The minimum atomic E-state index is 0.745. The van der Waals surface area contributed by atoms with Crippen molar-refractivity contribution in [3.8, 4) is 0 Å². The molecule has 0 aliphatic heterocycles. The van der Waals surface area contributed by atoms with Gasteiger partial charge in [-0.3, -0.25) is 0 Å². The highest BCUT2D eigenvalue weighted by atomic mass is 16.5. The van der Waals surface area contributed by atoms with Gasteiger partial charge in [0.1, 0.15) is 5.76 Å². The molecule has 11 heavy (non-hydrogen) atoms. The Labute approximate surface area is 68.1 Å². The molecule has 0 unspecified atom stereocenters. The van der Waals surface area contributed by atoms with Crippen LogP contribution in [0.25, 0.3) is 0 Å². The van der Waals surface area contributed by atoms with E-state index < -0.39 is 0 Å². The van der Waals surface area contributed by atoms with Crippen molar-refractivity contribution in [2.24, 2.45) is 0 Å². The van der Waals surface area contributed by atoms with E-state index in [1.54, 1.807) is 0 Å². The quantitative estimate of drug-likeness (QED) is 0.588. The molecule has 0 spiro atoms. The summed E-state index contributed by atoms with van der Waals surface area (Å²) in [5, 5.41) is 0. The lowest BCUT2D eigenvalue weighted by Crippen LogP contribution is -1.86. The van der Waals surface area contributed by atoms with E-state index in [4.69, 9.17) is 4.74 Å². The normalized spacial score (nSPS) is 16.9. The van der Waals surface area contributed by atoms with E-state index in [2.05, 4.69) is 19.1 Å². The van der Waals surface area contributed by atoms with Gasteiger partial charge in [0.05, 0.1) is 6.61 Å². The fourth-order valence-electron chi connectivity index (χ4n) is 0.979. The van der Waals surface area contributed by atoms with Crippen LogP contribution in [0.2, 0.25) is 0 Å². The van der Waals surface area contributed by atoms with Crippen molar-refractivity contribution in [3.63, 3.8) is 0 Å². The number of hydrogen-bond donors (Lipinski definition) is 0. The molecule has 0 aromatic carbocycles. The molecule has 1 rings (SSSR count). The third-order valence-corrected chi connectivity index (χ3v) is 1.58. The van der Waals surface area contributed by atoms with Crippen LogP contribution in [-0.2, 0) is 4.74 Å². The van der Waals surface area contributed by atoms with Gasteiger partial charge >= 0.3 is 0 Å². The molecule has 1 aliphatic rings. The zero-order valence-corrected chi connectivity index (χ0v) is 7.13. The third-order valence-electron chi connectivity index (χ3n) is 1.58. The van der Waals surface area contributed by atoms with Crippen LogP contribution in [-0.4, -0.2) is 6.61 Å². The molecule has 1 heteroatoms. The molecular formula is C10H14O. The fraction of sp³-hybridized carbons (Fsp3) is 0.400. The second-order valence-corrected chi connectivity index (χ2v) is 2.62. The monoisotopic (exact) mass is 150 g/mol. The molecule has 0 amide bonds. The molecule has 0 aromatic rings. The zero-order chi connectivity index (χ0) is 8.10. The van der Waals surface area contributed by atoms with Crippen molar-refractivity contribution in [1.82, 2.24) is 0 Å². The highest BCUT2D eigenvalue weighted by Gasteiger charge is 1.94. The topological polar surface area (TPSA) is 9.23 Å². The van der Waals surface area contributed by atoms with Crippen LogP contribution < -0.4 is 0 Å². The Morgan fingerprint density at radius 2 is 2.36 bits per heavy atom. The van der Waals surface area contributed by atoms with Crippen molar-refractivity contribution in [3.05, 3.63) is 35.6 Å². The van der Waals surface area contributed by atoms with E-state index in [9.17, 15) is 0 Å². The van der Waals surface area contributed by atoms with Crippen molar-refractivity contribution in [2.75, 3.05) is 6.61 Å². The van der Waals surface area contributed by atoms with Crippen molar-refractivity contribution in [1.29, 1.82) is 0 Å². The second kappa shape index (κ2) is 4.02. The van der Waals surface area contributed by atoms with Gasteiger partial charge in [-0.1, -0.05) is 17.7 Å². The standard InChI is InChI=1S/C10H14O/c1-3-11-10-6-4-5-9(2)7-8-10/h4-6,8H,3,7H2,1-2H3. The minimum absolute atomic E-state index is 0.745. The molecule has 0 bridgehead atoms. The Morgan fingerprint density at radius 1 is 1.55 bits per heavy atom. The first-order chi connectivity index (χ1) is 5.33. The van der Waals surface area contributed by atoms with Gasteiger partial charge in [0, 0.05) is 0 Å². The van der Waals surface area contributed by atoms with E-state index in [-0.39, 0.29) is 0 Å². The van der Waals surface area contributed by atoms with Gasteiger partial charge in [0.15, 0.2) is 0 Å². The first-order valence-electron chi connectivity index (χ1n) is 3.99. The zero-order valence-electron chi connectivity index (χ0n) is 7.13. The summed E-state index contributed by atoms with van der Waals surface area (Å²) in [4.78, 5) is 0. The maximum absolute atomic E-state index is 5.35. The summed E-state index contributed by atoms with van der Waals surface area (Å²) in [6.07, 6.45) is 9.26. The van der Waals surface area contributed by atoms with Gasteiger partial charge in [-0.15, -0.1) is 0 Å². The smallest absolute Gasteiger partial charge is 0.115 e. The third kappa shape index (κ3) is 2.62. The SMILES string of the molecule is CCOC1=CCC(C)=CC=C1. The number of allylic oxidation sites excluding steroid dienone is 5. The van der Waals surface area contributed by atoms with Gasteiger partial charge in [0.2, 0.25) is 0 Å². The second-order valence-electron chi connectivity index (χ2n) is 2.62. The van der Waals surface area contributed by atoms with Crippen LogP contribution in [0.3, 0.4) is 0 Å². The average Bonchev–Trinajstić information content (AvgIpc) is 2.17. The predicted molar refractivity (Wildman–Crippen MR) is 47.2 cm³/mol. The van der Waals surface area contributed by atoms with E-state index in [1.807, 2.05) is 19.1 Å². The summed E-state index contributed by atoms with van der Waals surface area (Å²) in [5.41, 5.74) is 1.37. The lowest BCUT2D eigenvalue weighted by molar-refractivity contribution is 0.241. The lowest BCUT2D eigenvalue weighted by atomic mass is 10.2. The Balaban J connectivity index is 2.58. The Hall–Kier alpha value is -0.980. The van der Waals surface area contributed by atoms with Crippen LogP contribution in [0, 0.1) is 0 Å².